The van der Waals surface area contributed by atoms with Gasteiger partial charge in [0, 0.05) is 13.1 Å². The van der Waals surface area contributed by atoms with E-state index in [4.69, 9.17) is 0 Å². The van der Waals surface area contributed by atoms with Gasteiger partial charge in [0.2, 0.25) is 5.95 Å². The number of hydrogen-bond acceptors (Lipinski definition) is 6. The van der Waals surface area contributed by atoms with E-state index < -0.39 is 4.92 Å². The molecular weight excluding hydrogens is 284 g/mol. The number of aromatic hydroxyl groups is 1. The van der Waals surface area contributed by atoms with E-state index in [9.17, 15) is 15.2 Å². The highest BCUT2D eigenvalue weighted by Gasteiger charge is 2.16. The molecule has 0 saturated carbocycles. The second kappa shape index (κ2) is 5.80. The monoisotopic (exact) mass is 298 g/mol. The van der Waals surface area contributed by atoms with E-state index in [1.807, 2.05) is 17.0 Å². The van der Waals surface area contributed by atoms with E-state index in [2.05, 4.69) is 16.0 Å². The highest BCUT2D eigenvalue weighted by atomic mass is 16.6. The fourth-order valence-corrected chi connectivity index (χ4v) is 2.36. The standard InChI is InChI=1S/C15H14N4O3/c20-14-3-1-11(2-4-14)12-5-7-18(8-6-12)15-16-9-13(10-17-15)19(21)22/h1-5,9-10,20H,6-8H2. The molecule has 2 heterocycles. The summed E-state index contributed by atoms with van der Waals surface area (Å²) < 4.78 is 0. The van der Waals surface area contributed by atoms with Crippen LogP contribution in [0.5, 0.6) is 5.75 Å². The average molecular weight is 298 g/mol. The Labute approximate surface area is 126 Å². The predicted molar refractivity (Wildman–Crippen MR) is 81.6 cm³/mol. The van der Waals surface area contributed by atoms with Crippen LogP contribution in [0.1, 0.15) is 12.0 Å². The van der Waals surface area contributed by atoms with Crippen molar-refractivity contribution in [2.24, 2.45) is 0 Å². The number of anilines is 1. The SMILES string of the molecule is O=[N+]([O-])c1cnc(N2CC=C(c3ccc(O)cc3)CC2)nc1. The molecule has 3 rings (SSSR count). The van der Waals surface area contributed by atoms with Gasteiger partial charge in [-0.2, -0.15) is 0 Å². The first kappa shape index (κ1) is 14.0. The van der Waals surface area contributed by atoms with Gasteiger partial charge in [-0.3, -0.25) is 10.1 Å². The van der Waals surface area contributed by atoms with Gasteiger partial charge in [-0.15, -0.1) is 0 Å². The number of nitro groups is 1. The lowest BCUT2D eigenvalue weighted by Gasteiger charge is -2.26. The molecule has 0 bridgehead atoms. The van der Waals surface area contributed by atoms with Crippen molar-refractivity contribution in [1.82, 2.24) is 9.97 Å². The molecule has 0 saturated heterocycles. The molecule has 0 unspecified atom stereocenters. The van der Waals surface area contributed by atoms with Crippen molar-refractivity contribution >= 4 is 17.2 Å². The quantitative estimate of drug-likeness (QED) is 0.691. The van der Waals surface area contributed by atoms with Crippen LogP contribution >= 0.6 is 0 Å². The third-order valence-corrected chi connectivity index (χ3v) is 3.57. The van der Waals surface area contributed by atoms with Gasteiger partial charge in [0.15, 0.2) is 0 Å². The van der Waals surface area contributed by atoms with Gasteiger partial charge < -0.3 is 10.0 Å². The van der Waals surface area contributed by atoms with Gasteiger partial charge in [0.25, 0.3) is 0 Å². The van der Waals surface area contributed by atoms with Gasteiger partial charge >= 0.3 is 5.69 Å². The summed E-state index contributed by atoms with van der Waals surface area (Å²) in [6.45, 7) is 1.39. The van der Waals surface area contributed by atoms with Gasteiger partial charge in [-0.05, 0) is 29.7 Å². The van der Waals surface area contributed by atoms with Gasteiger partial charge in [0.1, 0.15) is 18.1 Å². The third kappa shape index (κ3) is 2.88. The van der Waals surface area contributed by atoms with Crippen LogP contribution in [0.2, 0.25) is 0 Å². The van der Waals surface area contributed by atoms with E-state index in [1.165, 1.54) is 18.0 Å². The first-order chi connectivity index (χ1) is 10.6. The lowest BCUT2D eigenvalue weighted by atomic mass is 9.99. The Morgan fingerprint density at radius 3 is 2.41 bits per heavy atom. The van der Waals surface area contributed by atoms with Crippen LogP contribution < -0.4 is 4.90 Å². The first-order valence-corrected chi connectivity index (χ1v) is 6.83. The minimum Gasteiger partial charge on any atom is -0.508 e. The smallest absolute Gasteiger partial charge is 0.305 e. The van der Waals surface area contributed by atoms with Crippen molar-refractivity contribution in [3.63, 3.8) is 0 Å². The molecule has 7 heteroatoms. The number of nitrogens with zero attached hydrogens (tertiary/aromatic N) is 4. The Morgan fingerprint density at radius 1 is 1.18 bits per heavy atom. The van der Waals surface area contributed by atoms with E-state index in [0.717, 1.165) is 18.5 Å². The molecule has 0 spiro atoms. The van der Waals surface area contributed by atoms with Crippen LogP contribution in [-0.4, -0.2) is 33.1 Å². The van der Waals surface area contributed by atoms with Gasteiger partial charge in [-0.1, -0.05) is 18.2 Å². The van der Waals surface area contributed by atoms with Crippen LogP contribution in [-0.2, 0) is 0 Å². The molecule has 0 radical (unpaired) electrons. The van der Waals surface area contributed by atoms with Crippen LogP contribution in [0.15, 0.2) is 42.7 Å². The molecule has 112 valence electrons. The Hall–Kier alpha value is -2.96. The average Bonchev–Trinajstić information content (AvgIpc) is 2.56. The van der Waals surface area contributed by atoms with Gasteiger partial charge in [0.05, 0.1) is 4.92 Å². The molecule has 1 aliphatic rings. The lowest BCUT2D eigenvalue weighted by molar-refractivity contribution is -0.385. The Morgan fingerprint density at radius 2 is 1.86 bits per heavy atom. The predicted octanol–water partition coefficient (Wildman–Crippen LogP) is 2.38. The number of rotatable bonds is 3. The summed E-state index contributed by atoms with van der Waals surface area (Å²) in [5, 5.41) is 19.9. The van der Waals surface area contributed by atoms with Crippen LogP contribution in [0.3, 0.4) is 0 Å². The Kier molecular flexibility index (Phi) is 3.69. The molecule has 0 atom stereocenters. The summed E-state index contributed by atoms with van der Waals surface area (Å²) in [6, 6.07) is 7.11. The van der Waals surface area contributed by atoms with Crippen molar-refractivity contribution in [2.75, 3.05) is 18.0 Å². The molecule has 0 amide bonds. The minimum absolute atomic E-state index is 0.110. The molecule has 22 heavy (non-hydrogen) atoms. The summed E-state index contributed by atoms with van der Waals surface area (Å²) >= 11 is 0. The Bertz CT molecular complexity index is 711. The highest BCUT2D eigenvalue weighted by Crippen LogP contribution is 2.25. The maximum Gasteiger partial charge on any atom is 0.305 e. The fraction of sp³-hybridized carbons (Fsp3) is 0.200. The normalized spacial score (nSPS) is 14.5. The van der Waals surface area contributed by atoms with Crippen molar-refractivity contribution in [2.45, 2.75) is 6.42 Å². The lowest BCUT2D eigenvalue weighted by Crippen LogP contribution is -2.29. The molecule has 7 nitrogen and oxygen atoms in total. The summed E-state index contributed by atoms with van der Waals surface area (Å²) in [5.74, 6) is 0.743. The Balaban J connectivity index is 1.72. The largest absolute Gasteiger partial charge is 0.508 e. The molecule has 1 aromatic carbocycles. The first-order valence-electron chi connectivity index (χ1n) is 6.83. The van der Waals surface area contributed by atoms with Crippen molar-refractivity contribution in [3.05, 3.63) is 58.4 Å². The van der Waals surface area contributed by atoms with E-state index in [-0.39, 0.29) is 11.4 Å². The number of benzene rings is 1. The summed E-state index contributed by atoms with van der Waals surface area (Å²) in [4.78, 5) is 20.1. The molecule has 0 fully saturated rings. The summed E-state index contributed by atoms with van der Waals surface area (Å²) in [5.41, 5.74) is 2.18. The molecular formula is C15H14N4O3. The molecule has 0 aliphatic carbocycles. The number of hydrogen-bond donors (Lipinski definition) is 1. The van der Waals surface area contributed by atoms with Crippen LogP contribution in [0, 0.1) is 10.1 Å². The van der Waals surface area contributed by atoms with Crippen molar-refractivity contribution < 1.29 is 10.0 Å². The second-order valence-electron chi connectivity index (χ2n) is 4.97. The van der Waals surface area contributed by atoms with Crippen LogP contribution in [0.25, 0.3) is 5.57 Å². The van der Waals surface area contributed by atoms with Crippen molar-refractivity contribution in [3.8, 4) is 5.75 Å². The molecule has 2 aromatic rings. The maximum absolute atomic E-state index is 10.6. The zero-order chi connectivity index (χ0) is 15.5. The zero-order valence-corrected chi connectivity index (χ0v) is 11.7. The van der Waals surface area contributed by atoms with E-state index in [1.54, 1.807) is 12.1 Å². The number of phenols is 1. The molecule has 1 aromatic heterocycles. The maximum atomic E-state index is 10.6. The zero-order valence-electron chi connectivity index (χ0n) is 11.7. The minimum atomic E-state index is -0.511. The summed E-state index contributed by atoms with van der Waals surface area (Å²) in [6.07, 6.45) is 5.36. The van der Waals surface area contributed by atoms with Gasteiger partial charge in [-0.25, -0.2) is 9.97 Å². The third-order valence-electron chi connectivity index (χ3n) is 3.57. The topological polar surface area (TPSA) is 92.4 Å². The number of phenolic OH excluding ortho intramolecular Hbond substituents is 1. The second-order valence-corrected chi connectivity index (χ2v) is 4.97. The summed E-state index contributed by atoms with van der Waals surface area (Å²) in [7, 11) is 0. The molecule has 1 aliphatic heterocycles. The van der Waals surface area contributed by atoms with E-state index >= 15 is 0 Å². The van der Waals surface area contributed by atoms with Crippen molar-refractivity contribution in [1.29, 1.82) is 0 Å². The highest BCUT2D eigenvalue weighted by molar-refractivity contribution is 5.68. The van der Waals surface area contributed by atoms with Crippen LogP contribution in [0.4, 0.5) is 11.6 Å². The fourth-order valence-electron chi connectivity index (χ4n) is 2.36. The van der Waals surface area contributed by atoms with E-state index in [0.29, 0.717) is 12.5 Å². The number of aromatic nitrogens is 2. The molecule has 1 N–H and O–H groups in total.